The van der Waals surface area contributed by atoms with Crippen LogP contribution in [0.5, 0.6) is 0 Å². The van der Waals surface area contributed by atoms with Crippen LogP contribution in [0.2, 0.25) is 0 Å². The Morgan fingerprint density at radius 2 is 2.06 bits per heavy atom. The molecule has 3 nitrogen and oxygen atoms in total. The predicted octanol–water partition coefficient (Wildman–Crippen LogP) is 0.772. The maximum absolute atomic E-state index is 11.8. The Balaban J connectivity index is 3.04. The third-order valence-corrected chi connectivity index (χ3v) is 2.86. The molecule has 0 saturated heterocycles. The summed E-state index contributed by atoms with van der Waals surface area (Å²) in [7, 11) is 0. The van der Waals surface area contributed by atoms with Crippen LogP contribution in [0.15, 0.2) is 18.2 Å². The first-order chi connectivity index (χ1) is 7.33. The third-order valence-electron chi connectivity index (χ3n) is 1.80. The fourth-order valence-corrected chi connectivity index (χ4v) is 1.76. The van der Waals surface area contributed by atoms with Crippen molar-refractivity contribution in [3.8, 4) is 6.07 Å². The number of nitrogens with zero attached hydrogens (tertiary/aromatic N) is 1. The summed E-state index contributed by atoms with van der Waals surface area (Å²) in [6, 6.07) is 7.06. The second-order valence-electron chi connectivity index (χ2n) is 4.42. The number of carbonyl (C=O) groups excluding carboxylic acids is 1. The van der Waals surface area contributed by atoms with Gasteiger partial charge in [0.2, 0.25) is 0 Å². The van der Waals surface area contributed by atoms with Crippen LogP contribution in [0.3, 0.4) is 0 Å². The molecule has 0 aliphatic carbocycles. The number of carbonyl (C=O) groups is 1. The number of rotatable bonds is 1. The summed E-state index contributed by atoms with van der Waals surface area (Å²) in [5.74, 6) is -0.371. The zero-order chi connectivity index (χ0) is 12.3. The van der Waals surface area contributed by atoms with Gasteiger partial charge in [0.05, 0.1) is 0 Å². The van der Waals surface area contributed by atoms with Gasteiger partial charge in [-0.3, -0.25) is 0 Å². The van der Waals surface area contributed by atoms with Gasteiger partial charge in [0.15, 0.2) is 0 Å². The molecule has 0 spiro atoms. The van der Waals surface area contributed by atoms with Crippen LogP contribution in [0.1, 0.15) is 36.7 Å². The number of hydrogen-bond acceptors (Lipinski definition) is 3. The fourth-order valence-electron chi connectivity index (χ4n) is 1.14. The summed E-state index contributed by atoms with van der Waals surface area (Å²) in [5.41, 5.74) is 0.440. The van der Waals surface area contributed by atoms with E-state index in [2.05, 4.69) is 0 Å². The van der Waals surface area contributed by atoms with Gasteiger partial charge in [0.1, 0.15) is 0 Å². The first-order valence-electron chi connectivity index (χ1n) is 4.86. The summed E-state index contributed by atoms with van der Waals surface area (Å²) in [4.78, 5) is 11.8. The number of esters is 1. The molecule has 1 rings (SSSR count). The van der Waals surface area contributed by atoms with Crippen LogP contribution in [-0.4, -0.2) is 28.4 Å². The first kappa shape index (κ1) is 12.8. The quantitative estimate of drug-likeness (QED) is 0.563. The normalized spacial score (nSPS) is 10.7. The first-order valence-corrected chi connectivity index (χ1v) is 6.07. The van der Waals surface area contributed by atoms with E-state index in [4.69, 9.17) is 10.00 Å². The Kier molecular flexibility index (Phi) is 3.78. The fraction of sp³-hybridized carbons (Fsp3) is 0.333. The van der Waals surface area contributed by atoms with Gasteiger partial charge in [0, 0.05) is 0 Å². The van der Waals surface area contributed by atoms with E-state index in [-0.39, 0.29) is 5.97 Å². The molecule has 0 aliphatic heterocycles. The Labute approximate surface area is 104 Å². The van der Waals surface area contributed by atoms with Crippen molar-refractivity contribution in [3.05, 3.63) is 29.3 Å². The maximum atomic E-state index is 11.8. The summed E-state index contributed by atoms with van der Waals surface area (Å²) in [6.07, 6.45) is 0. The Bertz CT molecular complexity index is 455. The molecule has 0 N–H and O–H groups in total. The van der Waals surface area contributed by atoms with Crippen LogP contribution < -0.4 is 4.35 Å². The zero-order valence-corrected chi connectivity index (χ0v) is 12.0. The Morgan fingerprint density at radius 3 is 2.56 bits per heavy atom. The molecule has 1 aromatic carbocycles. The van der Waals surface area contributed by atoms with Crippen molar-refractivity contribution in [2.75, 3.05) is 0 Å². The topological polar surface area (TPSA) is 50.1 Å². The number of hydrogen-bond donors (Lipinski definition) is 0. The van der Waals surface area contributed by atoms with E-state index in [1.54, 1.807) is 18.2 Å². The molecule has 0 saturated carbocycles. The van der Waals surface area contributed by atoms with Crippen molar-refractivity contribution in [1.29, 1.82) is 5.26 Å². The van der Waals surface area contributed by atoms with Crippen LogP contribution in [0.4, 0.5) is 0 Å². The van der Waals surface area contributed by atoms with E-state index >= 15 is 0 Å². The van der Waals surface area contributed by atoms with Crippen molar-refractivity contribution in [2.45, 2.75) is 26.4 Å². The Hall–Kier alpha value is -1.26. The number of benzene rings is 1. The standard InChI is InChI=1S/C12H14AsNO2/c1-12(2,3)16-11(15)9-6-8(7-14)4-5-10(9)13/h4-6H,13H2,1-3H3. The van der Waals surface area contributed by atoms with Crippen molar-refractivity contribution >= 4 is 27.2 Å². The second kappa shape index (κ2) is 4.72. The van der Waals surface area contributed by atoms with Gasteiger partial charge in [-0.15, -0.1) is 0 Å². The number of ether oxygens (including phenoxy) is 1. The summed E-state index contributed by atoms with van der Waals surface area (Å²) in [6.45, 7) is 5.46. The molecule has 0 radical (unpaired) electrons. The van der Waals surface area contributed by atoms with Crippen LogP contribution in [-0.2, 0) is 4.74 Å². The van der Waals surface area contributed by atoms with Gasteiger partial charge in [-0.2, -0.15) is 0 Å². The van der Waals surface area contributed by atoms with Gasteiger partial charge >= 0.3 is 104 Å². The monoisotopic (exact) mass is 279 g/mol. The molecule has 4 heteroatoms. The Morgan fingerprint density at radius 1 is 1.44 bits per heavy atom. The second-order valence-corrected chi connectivity index (χ2v) is 5.72. The molecular weight excluding hydrogens is 265 g/mol. The van der Waals surface area contributed by atoms with Gasteiger partial charge in [-0.25, -0.2) is 0 Å². The SMILES string of the molecule is CC(C)(C)OC(=O)c1cc(C#N)ccc1[AsH2]. The van der Waals surface area contributed by atoms with Gasteiger partial charge in [-0.1, -0.05) is 0 Å². The average Bonchev–Trinajstić information content (AvgIpc) is 2.15. The molecule has 16 heavy (non-hydrogen) atoms. The van der Waals surface area contributed by atoms with Crippen molar-refractivity contribution in [1.82, 2.24) is 0 Å². The average molecular weight is 279 g/mol. The van der Waals surface area contributed by atoms with E-state index in [0.717, 1.165) is 4.35 Å². The van der Waals surface area contributed by atoms with E-state index < -0.39 is 5.60 Å². The summed E-state index contributed by atoms with van der Waals surface area (Å²) in [5, 5.41) is 8.77. The van der Waals surface area contributed by atoms with E-state index in [9.17, 15) is 4.79 Å². The van der Waals surface area contributed by atoms with E-state index in [1.807, 2.05) is 26.8 Å². The van der Waals surface area contributed by atoms with E-state index in [1.165, 1.54) is 16.9 Å². The van der Waals surface area contributed by atoms with E-state index in [0.29, 0.717) is 11.1 Å². The molecule has 84 valence electrons. The molecular formula is C12H14AsNO2. The van der Waals surface area contributed by atoms with Crippen molar-refractivity contribution in [3.63, 3.8) is 0 Å². The molecule has 0 amide bonds. The molecule has 1 unspecified atom stereocenters. The minimum absolute atomic E-state index is 0.371. The molecule has 1 aromatic rings. The van der Waals surface area contributed by atoms with Gasteiger partial charge in [0.25, 0.3) is 0 Å². The predicted molar refractivity (Wildman–Crippen MR) is 64.5 cm³/mol. The molecule has 0 fully saturated rings. The van der Waals surface area contributed by atoms with Crippen molar-refractivity contribution < 1.29 is 9.53 Å². The van der Waals surface area contributed by atoms with Gasteiger partial charge in [-0.05, 0) is 0 Å². The molecule has 0 bridgehead atoms. The van der Waals surface area contributed by atoms with Crippen molar-refractivity contribution in [2.24, 2.45) is 0 Å². The third kappa shape index (κ3) is 3.39. The number of nitriles is 1. The van der Waals surface area contributed by atoms with Gasteiger partial charge < -0.3 is 0 Å². The zero-order valence-electron chi connectivity index (χ0n) is 9.57. The van der Waals surface area contributed by atoms with Crippen LogP contribution >= 0.6 is 0 Å². The molecule has 0 aromatic heterocycles. The van der Waals surface area contributed by atoms with Crippen LogP contribution in [0.25, 0.3) is 0 Å². The summed E-state index contributed by atoms with van der Waals surface area (Å²) >= 11 is 1.34. The molecule has 0 aliphatic rings. The van der Waals surface area contributed by atoms with Crippen LogP contribution in [0, 0.1) is 11.3 Å². The summed E-state index contributed by atoms with van der Waals surface area (Å²) < 4.78 is 6.14. The minimum atomic E-state index is -0.515. The molecule has 0 heterocycles. The molecule has 1 atom stereocenters.